The van der Waals surface area contributed by atoms with Crippen LogP contribution in [-0.4, -0.2) is 20.9 Å². The Morgan fingerprint density at radius 1 is 0.431 bits per heavy atom. The molecule has 1 aliphatic heterocycles. The molecule has 2 aromatic heterocycles. The minimum absolute atomic E-state index is 0.357. The Hall–Kier alpha value is -7.23. The summed E-state index contributed by atoms with van der Waals surface area (Å²) in [4.78, 5) is 27.6. The smallest absolute Gasteiger partial charge is 0.266 e. The van der Waals surface area contributed by atoms with E-state index in [1.807, 2.05) is 24.3 Å². The molecule has 238 valence electrons. The molecule has 1 aliphatic rings. The van der Waals surface area contributed by atoms with Gasteiger partial charge in [-0.25, -0.2) is 4.90 Å². The van der Waals surface area contributed by atoms with Gasteiger partial charge in [0.2, 0.25) is 0 Å². The van der Waals surface area contributed by atoms with E-state index in [-0.39, 0.29) is 11.8 Å². The summed E-state index contributed by atoms with van der Waals surface area (Å²) in [5.74, 6) is -0.779. The molecular formula is C45H26N4O2. The number of hydrogen-bond acceptors (Lipinski definition) is 3. The Labute approximate surface area is 292 Å². The first-order chi connectivity index (χ1) is 25.1. The Morgan fingerprint density at radius 2 is 0.941 bits per heavy atom. The fourth-order valence-corrected chi connectivity index (χ4v) is 7.79. The van der Waals surface area contributed by atoms with Crippen molar-refractivity contribution >= 4 is 61.1 Å². The number of imide groups is 1. The zero-order valence-corrected chi connectivity index (χ0v) is 27.1. The van der Waals surface area contributed by atoms with Gasteiger partial charge >= 0.3 is 0 Å². The molecule has 0 aliphatic carbocycles. The van der Waals surface area contributed by atoms with Gasteiger partial charge in [0.05, 0.1) is 50.1 Å². The third kappa shape index (κ3) is 4.16. The Kier molecular flexibility index (Phi) is 6.14. The molecule has 7 aromatic carbocycles. The van der Waals surface area contributed by atoms with Crippen molar-refractivity contribution in [1.82, 2.24) is 9.13 Å². The second-order valence-electron chi connectivity index (χ2n) is 12.8. The lowest BCUT2D eigenvalue weighted by Gasteiger charge is -2.17. The number of nitrogens with zero attached hydrogens (tertiary/aromatic N) is 4. The van der Waals surface area contributed by atoms with Gasteiger partial charge in [-0.05, 0) is 90.0 Å². The number of aromatic nitrogens is 2. The van der Waals surface area contributed by atoms with Gasteiger partial charge in [-0.2, -0.15) is 5.26 Å². The predicted octanol–water partition coefficient (Wildman–Crippen LogP) is 10.2. The van der Waals surface area contributed by atoms with Gasteiger partial charge in [0.25, 0.3) is 11.8 Å². The first-order valence-electron chi connectivity index (χ1n) is 16.8. The summed E-state index contributed by atoms with van der Waals surface area (Å²) in [5, 5.41) is 14.9. The molecule has 0 radical (unpaired) electrons. The van der Waals surface area contributed by atoms with E-state index in [9.17, 15) is 14.9 Å². The first-order valence-corrected chi connectivity index (χ1v) is 16.8. The molecule has 3 heterocycles. The largest absolute Gasteiger partial charge is 0.309 e. The van der Waals surface area contributed by atoms with Crippen LogP contribution < -0.4 is 4.90 Å². The lowest BCUT2D eigenvalue weighted by Crippen LogP contribution is -2.29. The van der Waals surface area contributed by atoms with E-state index in [0.29, 0.717) is 28.1 Å². The van der Waals surface area contributed by atoms with Crippen LogP contribution in [0.1, 0.15) is 26.3 Å². The average molecular weight is 655 g/mol. The lowest BCUT2D eigenvalue weighted by atomic mass is 10.0. The molecule has 6 nitrogen and oxygen atoms in total. The second kappa shape index (κ2) is 10.9. The number of benzene rings is 7. The van der Waals surface area contributed by atoms with Crippen molar-refractivity contribution in [3.05, 3.63) is 174 Å². The highest BCUT2D eigenvalue weighted by molar-refractivity contribution is 6.34. The van der Waals surface area contributed by atoms with Crippen LogP contribution in [0.15, 0.2) is 158 Å². The van der Waals surface area contributed by atoms with Crippen molar-refractivity contribution in [1.29, 1.82) is 5.26 Å². The maximum atomic E-state index is 13.2. The highest BCUT2D eigenvalue weighted by Gasteiger charge is 2.36. The number of para-hydroxylation sites is 3. The molecule has 2 amide bonds. The van der Waals surface area contributed by atoms with Crippen LogP contribution in [-0.2, 0) is 0 Å². The number of carbonyl (C=O) groups excluding carboxylic acids is 2. The van der Waals surface area contributed by atoms with Crippen molar-refractivity contribution < 1.29 is 9.59 Å². The quantitative estimate of drug-likeness (QED) is 0.177. The third-order valence-corrected chi connectivity index (χ3v) is 10.1. The second-order valence-corrected chi connectivity index (χ2v) is 12.8. The van der Waals surface area contributed by atoms with Gasteiger partial charge in [-0.15, -0.1) is 0 Å². The maximum Gasteiger partial charge on any atom is 0.266 e. The van der Waals surface area contributed by atoms with Crippen molar-refractivity contribution in [2.75, 3.05) is 4.90 Å². The molecule has 0 atom stereocenters. The molecule has 10 rings (SSSR count). The number of rotatable bonds is 4. The SMILES string of the molecule is N#Cc1cc(N2C(=O)c3ccccc3C2=O)ccc1-n1c2ccccc2c2cc(-c3ccc4c(c3)c3ccccc3n4-c3ccccc3)ccc21. The molecule has 0 N–H and O–H groups in total. The van der Waals surface area contributed by atoms with Crippen LogP contribution in [0.2, 0.25) is 0 Å². The number of nitriles is 1. The van der Waals surface area contributed by atoms with E-state index >= 15 is 0 Å². The highest BCUT2D eigenvalue weighted by atomic mass is 16.2. The molecule has 0 bridgehead atoms. The number of hydrogen-bond donors (Lipinski definition) is 0. The molecule has 0 saturated heterocycles. The van der Waals surface area contributed by atoms with Gasteiger partial charge in [-0.3, -0.25) is 9.59 Å². The molecule has 0 saturated carbocycles. The maximum absolute atomic E-state index is 13.2. The average Bonchev–Trinajstić information content (AvgIpc) is 3.79. The zero-order valence-electron chi connectivity index (χ0n) is 27.1. The first kappa shape index (κ1) is 28.8. The monoisotopic (exact) mass is 654 g/mol. The number of carbonyl (C=O) groups is 2. The number of fused-ring (bicyclic) bond motifs is 7. The van der Waals surface area contributed by atoms with Gasteiger partial charge in [0, 0.05) is 27.2 Å². The van der Waals surface area contributed by atoms with Crippen LogP contribution in [0.5, 0.6) is 0 Å². The van der Waals surface area contributed by atoms with E-state index < -0.39 is 0 Å². The van der Waals surface area contributed by atoms with Crippen LogP contribution >= 0.6 is 0 Å². The van der Waals surface area contributed by atoms with Crippen LogP contribution in [0.4, 0.5) is 5.69 Å². The minimum Gasteiger partial charge on any atom is -0.309 e. The summed E-state index contributed by atoms with van der Waals surface area (Å²) in [6.07, 6.45) is 0. The minimum atomic E-state index is -0.389. The van der Waals surface area contributed by atoms with Crippen LogP contribution in [0.25, 0.3) is 66.1 Å². The molecule has 51 heavy (non-hydrogen) atoms. The molecule has 6 heteroatoms. The molecule has 0 fully saturated rings. The molecular weight excluding hydrogens is 629 g/mol. The molecule has 0 unspecified atom stereocenters. The van der Waals surface area contributed by atoms with E-state index in [1.54, 1.807) is 36.4 Å². The van der Waals surface area contributed by atoms with Crippen molar-refractivity contribution in [3.63, 3.8) is 0 Å². The summed E-state index contributed by atoms with van der Waals surface area (Å²) >= 11 is 0. The van der Waals surface area contributed by atoms with E-state index in [2.05, 4.69) is 112 Å². The molecule has 0 spiro atoms. The highest BCUT2D eigenvalue weighted by Crippen LogP contribution is 2.39. The predicted molar refractivity (Wildman–Crippen MR) is 203 cm³/mol. The molecule has 9 aromatic rings. The summed E-state index contributed by atoms with van der Waals surface area (Å²) in [5.41, 5.74) is 9.67. The number of amides is 2. The summed E-state index contributed by atoms with van der Waals surface area (Å²) in [6, 6.07) is 54.7. The fourth-order valence-electron chi connectivity index (χ4n) is 7.79. The fraction of sp³-hybridized carbons (Fsp3) is 0. The Morgan fingerprint density at radius 3 is 1.55 bits per heavy atom. The van der Waals surface area contributed by atoms with Crippen LogP contribution in [0.3, 0.4) is 0 Å². The zero-order chi connectivity index (χ0) is 34.2. The number of anilines is 1. The van der Waals surface area contributed by atoms with Crippen molar-refractivity contribution in [2.24, 2.45) is 0 Å². The van der Waals surface area contributed by atoms with E-state index in [0.717, 1.165) is 54.6 Å². The van der Waals surface area contributed by atoms with Crippen LogP contribution in [0, 0.1) is 11.3 Å². The van der Waals surface area contributed by atoms with Gasteiger partial charge < -0.3 is 9.13 Å². The Bertz CT molecular complexity index is 2950. The van der Waals surface area contributed by atoms with E-state index in [4.69, 9.17) is 0 Å². The van der Waals surface area contributed by atoms with Crippen molar-refractivity contribution in [3.8, 4) is 28.6 Å². The summed E-state index contributed by atoms with van der Waals surface area (Å²) in [7, 11) is 0. The standard InChI is InChI=1S/C45H26N4O2/c46-27-30-24-32(48-44(50)35-14-4-5-15-36(35)45(48)51)20-23-39(30)49-41-17-9-7-13-34(41)38-26-29(19-22-43(38)49)28-18-21-42-37(25-28)33-12-6-8-16-40(33)47(42)31-10-2-1-3-11-31/h1-26H. The lowest BCUT2D eigenvalue weighted by molar-refractivity contribution is 0.0926. The Balaban J connectivity index is 1.11. The topological polar surface area (TPSA) is 71.0 Å². The normalized spacial score (nSPS) is 12.7. The summed E-state index contributed by atoms with van der Waals surface area (Å²) in [6.45, 7) is 0. The van der Waals surface area contributed by atoms with E-state index in [1.165, 1.54) is 10.8 Å². The van der Waals surface area contributed by atoms with Crippen molar-refractivity contribution in [2.45, 2.75) is 0 Å². The third-order valence-electron chi connectivity index (χ3n) is 10.1. The summed E-state index contributed by atoms with van der Waals surface area (Å²) < 4.78 is 4.41. The van der Waals surface area contributed by atoms with Gasteiger partial charge in [0.15, 0.2) is 0 Å². The van der Waals surface area contributed by atoms with Gasteiger partial charge in [0.1, 0.15) is 6.07 Å². The van der Waals surface area contributed by atoms with Gasteiger partial charge in [-0.1, -0.05) is 78.9 Å².